The minimum atomic E-state index is 0.131. The molecular weight excluding hydrogens is 234 g/mol. The van der Waals surface area contributed by atoms with Crippen LogP contribution in [0.15, 0.2) is 0 Å². The Bertz CT molecular complexity index is 223. The first kappa shape index (κ1) is 17.0. The fraction of sp³-hybridized carbons (Fsp3) is 1.00. The van der Waals surface area contributed by atoms with Crippen LogP contribution in [-0.4, -0.2) is 36.7 Å². The first-order valence-electron chi connectivity index (χ1n) is 8.46. The van der Waals surface area contributed by atoms with Gasteiger partial charge in [-0.3, -0.25) is 0 Å². The molecule has 1 heterocycles. The van der Waals surface area contributed by atoms with Gasteiger partial charge in [-0.25, -0.2) is 0 Å². The lowest BCUT2D eigenvalue weighted by Gasteiger charge is -2.38. The first-order valence-corrected chi connectivity index (χ1v) is 8.46. The van der Waals surface area contributed by atoms with Crippen LogP contribution in [0.4, 0.5) is 0 Å². The molecule has 0 amide bonds. The molecule has 0 bridgehead atoms. The standard InChI is InChI=1S/C17H35NO/c1-5-7-9-13-17(3,12-8-6-2)19-16-10-14-18(4)15-11-16/h16H,5-15H2,1-4H3. The highest BCUT2D eigenvalue weighted by Gasteiger charge is 2.29. The smallest absolute Gasteiger partial charge is 0.0658 e. The van der Waals surface area contributed by atoms with Crippen molar-refractivity contribution in [1.82, 2.24) is 4.90 Å². The minimum absolute atomic E-state index is 0.131. The molecule has 1 aliphatic rings. The van der Waals surface area contributed by atoms with Gasteiger partial charge in [0.2, 0.25) is 0 Å². The summed E-state index contributed by atoms with van der Waals surface area (Å²) in [5, 5.41) is 0. The highest BCUT2D eigenvalue weighted by molar-refractivity contribution is 4.80. The number of unbranched alkanes of at least 4 members (excludes halogenated alkanes) is 3. The number of nitrogens with zero attached hydrogens (tertiary/aromatic N) is 1. The average Bonchev–Trinajstić information content (AvgIpc) is 2.40. The van der Waals surface area contributed by atoms with Crippen molar-refractivity contribution in [2.75, 3.05) is 20.1 Å². The Balaban J connectivity index is 2.42. The molecule has 2 heteroatoms. The van der Waals surface area contributed by atoms with E-state index in [1.54, 1.807) is 0 Å². The summed E-state index contributed by atoms with van der Waals surface area (Å²) < 4.78 is 6.55. The lowest BCUT2D eigenvalue weighted by atomic mass is 9.91. The van der Waals surface area contributed by atoms with Gasteiger partial charge in [-0.2, -0.15) is 0 Å². The summed E-state index contributed by atoms with van der Waals surface area (Å²) in [7, 11) is 2.22. The summed E-state index contributed by atoms with van der Waals surface area (Å²) in [4.78, 5) is 2.42. The van der Waals surface area contributed by atoms with Gasteiger partial charge in [-0.1, -0.05) is 46.0 Å². The van der Waals surface area contributed by atoms with Crippen LogP contribution in [0.5, 0.6) is 0 Å². The van der Waals surface area contributed by atoms with Crippen LogP contribution in [0.3, 0.4) is 0 Å². The van der Waals surface area contributed by atoms with E-state index in [0.29, 0.717) is 6.10 Å². The highest BCUT2D eigenvalue weighted by atomic mass is 16.5. The third-order valence-electron chi connectivity index (χ3n) is 4.49. The number of ether oxygens (including phenoxy) is 1. The number of hydrogen-bond donors (Lipinski definition) is 0. The van der Waals surface area contributed by atoms with E-state index in [2.05, 4.69) is 32.7 Å². The van der Waals surface area contributed by atoms with E-state index >= 15 is 0 Å². The maximum absolute atomic E-state index is 6.55. The molecule has 1 atom stereocenters. The van der Waals surface area contributed by atoms with E-state index in [4.69, 9.17) is 4.74 Å². The molecule has 0 radical (unpaired) electrons. The molecule has 0 aromatic carbocycles. The Morgan fingerprint density at radius 3 is 2.16 bits per heavy atom. The monoisotopic (exact) mass is 269 g/mol. The van der Waals surface area contributed by atoms with Gasteiger partial charge in [-0.05, 0) is 39.7 Å². The van der Waals surface area contributed by atoms with Crippen molar-refractivity contribution in [3.05, 3.63) is 0 Å². The lowest BCUT2D eigenvalue weighted by molar-refractivity contribution is -0.110. The zero-order valence-corrected chi connectivity index (χ0v) is 13.7. The van der Waals surface area contributed by atoms with Crippen LogP contribution in [0.1, 0.15) is 78.6 Å². The number of hydrogen-bond acceptors (Lipinski definition) is 2. The summed E-state index contributed by atoms with van der Waals surface area (Å²) in [5.41, 5.74) is 0.131. The molecule has 0 saturated carbocycles. The van der Waals surface area contributed by atoms with Crippen LogP contribution in [-0.2, 0) is 4.74 Å². The summed E-state index contributed by atoms with van der Waals surface area (Å²) in [6.07, 6.45) is 12.0. The van der Waals surface area contributed by atoms with Crippen molar-refractivity contribution in [1.29, 1.82) is 0 Å². The maximum Gasteiger partial charge on any atom is 0.0658 e. The molecule has 0 N–H and O–H groups in total. The zero-order chi connectivity index (χ0) is 14.1. The third-order valence-corrected chi connectivity index (χ3v) is 4.49. The summed E-state index contributed by atoms with van der Waals surface area (Å²) >= 11 is 0. The molecule has 19 heavy (non-hydrogen) atoms. The Morgan fingerprint density at radius 2 is 1.58 bits per heavy atom. The SMILES string of the molecule is CCCCCC(C)(CCCC)OC1CCN(C)CC1. The van der Waals surface area contributed by atoms with Crippen LogP contribution >= 0.6 is 0 Å². The molecule has 1 unspecified atom stereocenters. The van der Waals surface area contributed by atoms with Gasteiger partial charge in [0.1, 0.15) is 0 Å². The van der Waals surface area contributed by atoms with Gasteiger partial charge in [0.25, 0.3) is 0 Å². The number of rotatable bonds is 9. The molecule has 0 aromatic heterocycles. The molecule has 1 aliphatic heterocycles. The van der Waals surface area contributed by atoms with E-state index in [9.17, 15) is 0 Å². The second kappa shape index (κ2) is 8.97. The van der Waals surface area contributed by atoms with E-state index in [-0.39, 0.29) is 5.60 Å². The normalized spacial score (nSPS) is 21.5. The molecule has 0 spiro atoms. The molecule has 1 fully saturated rings. The third kappa shape index (κ3) is 6.76. The molecule has 2 nitrogen and oxygen atoms in total. The van der Waals surface area contributed by atoms with E-state index < -0.39 is 0 Å². The summed E-state index contributed by atoms with van der Waals surface area (Å²) in [6.45, 7) is 9.31. The Hall–Kier alpha value is -0.0800. The molecule has 1 saturated heterocycles. The number of likely N-dealkylation sites (tertiary alicyclic amines) is 1. The summed E-state index contributed by atoms with van der Waals surface area (Å²) in [5.74, 6) is 0. The average molecular weight is 269 g/mol. The van der Waals surface area contributed by atoms with Gasteiger partial charge >= 0.3 is 0 Å². The second-order valence-corrected chi connectivity index (χ2v) is 6.63. The largest absolute Gasteiger partial charge is 0.372 e. The molecule has 1 rings (SSSR count). The van der Waals surface area contributed by atoms with Crippen molar-refractivity contribution in [3.63, 3.8) is 0 Å². The summed E-state index contributed by atoms with van der Waals surface area (Å²) in [6, 6.07) is 0. The zero-order valence-electron chi connectivity index (χ0n) is 13.7. The van der Waals surface area contributed by atoms with Crippen LogP contribution in [0.25, 0.3) is 0 Å². The van der Waals surface area contributed by atoms with Gasteiger partial charge < -0.3 is 9.64 Å². The highest BCUT2D eigenvalue weighted by Crippen LogP contribution is 2.29. The van der Waals surface area contributed by atoms with Crippen molar-refractivity contribution in [2.24, 2.45) is 0 Å². The van der Waals surface area contributed by atoms with Crippen molar-refractivity contribution < 1.29 is 4.74 Å². The minimum Gasteiger partial charge on any atom is -0.372 e. The molecule has 0 aromatic rings. The Kier molecular flexibility index (Phi) is 8.01. The van der Waals surface area contributed by atoms with Gasteiger partial charge in [0, 0.05) is 13.1 Å². The first-order chi connectivity index (χ1) is 9.09. The fourth-order valence-electron chi connectivity index (χ4n) is 3.05. The maximum atomic E-state index is 6.55. The van der Waals surface area contributed by atoms with Crippen LogP contribution < -0.4 is 0 Å². The molecule has 114 valence electrons. The van der Waals surface area contributed by atoms with Crippen LogP contribution in [0, 0.1) is 0 Å². The molecular formula is C17H35NO. The quantitative estimate of drug-likeness (QED) is 0.566. The molecule has 0 aliphatic carbocycles. The second-order valence-electron chi connectivity index (χ2n) is 6.63. The predicted molar refractivity (Wildman–Crippen MR) is 83.7 cm³/mol. The Morgan fingerprint density at radius 1 is 1.00 bits per heavy atom. The van der Waals surface area contributed by atoms with Gasteiger partial charge in [0.05, 0.1) is 11.7 Å². The van der Waals surface area contributed by atoms with E-state index in [1.807, 2.05) is 0 Å². The fourth-order valence-corrected chi connectivity index (χ4v) is 3.05. The van der Waals surface area contributed by atoms with Crippen molar-refractivity contribution >= 4 is 0 Å². The van der Waals surface area contributed by atoms with Crippen molar-refractivity contribution in [3.8, 4) is 0 Å². The Labute approximate surface area is 120 Å². The predicted octanol–water partition coefficient (Wildman–Crippen LogP) is 4.63. The van der Waals surface area contributed by atoms with Crippen LogP contribution in [0.2, 0.25) is 0 Å². The van der Waals surface area contributed by atoms with Gasteiger partial charge in [-0.15, -0.1) is 0 Å². The topological polar surface area (TPSA) is 12.5 Å². The number of piperidine rings is 1. The lowest BCUT2D eigenvalue weighted by Crippen LogP contribution is -2.40. The van der Waals surface area contributed by atoms with Crippen molar-refractivity contribution in [2.45, 2.75) is 90.3 Å². The van der Waals surface area contributed by atoms with Gasteiger partial charge in [0.15, 0.2) is 0 Å². The van der Waals surface area contributed by atoms with E-state index in [1.165, 1.54) is 70.9 Å². The van der Waals surface area contributed by atoms with E-state index in [0.717, 1.165) is 0 Å².